The second-order valence-corrected chi connectivity index (χ2v) is 2.94. The minimum atomic E-state index is -1.27. The zero-order valence-electron chi connectivity index (χ0n) is 8.45. The average Bonchev–Trinajstić information content (AvgIpc) is 2.48. The van der Waals surface area contributed by atoms with Gasteiger partial charge in [0.1, 0.15) is 17.4 Å². The van der Waals surface area contributed by atoms with Crippen LogP contribution in [0, 0.1) is 0 Å². The number of ether oxygens (including phenoxy) is 1. The Balaban J connectivity index is 3.00. The fourth-order valence-corrected chi connectivity index (χ4v) is 1.17. The number of carbonyl (C=O) groups excluding carboxylic acids is 1. The SMILES string of the molecule is CCOC(=O)c1cn(C)nc1C(C)F. The van der Waals surface area contributed by atoms with Crippen LogP contribution in [-0.4, -0.2) is 22.4 Å². The number of aryl methyl sites for hydroxylation is 1. The van der Waals surface area contributed by atoms with Gasteiger partial charge in [0.15, 0.2) is 0 Å². The van der Waals surface area contributed by atoms with Crippen molar-refractivity contribution in [1.82, 2.24) is 9.78 Å². The quantitative estimate of drug-likeness (QED) is 0.696. The van der Waals surface area contributed by atoms with Gasteiger partial charge in [-0.05, 0) is 13.8 Å². The Morgan fingerprint density at radius 1 is 1.79 bits per heavy atom. The number of halogens is 1. The molecule has 1 rings (SSSR count). The molecular formula is C9H13FN2O2. The van der Waals surface area contributed by atoms with Gasteiger partial charge in [0.05, 0.1) is 6.61 Å². The van der Waals surface area contributed by atoms with Gasteiger partial charge in [-0.25, -0.2) is 9.18 Å². The fourth-order valence-electron chi connectivity index (χ4n) is 1.17. The molecule has 0 saturated heterocycles. The van der Waals surface area contributed by atoms with Crippen LogP contribution in [0.15, 0.2) is 6.20 Å². The molecular weight excluding hydrogens is 187 g/mol. The fraction of sp³-hybridized carbons (Fsp3) is 0.556. The van der Waals surface area contributed by atoms with Crippen molar-refractivity contribution < 1.29 is 13.9 Å². The van der Waals surface area contributed by atoms with Crippen molar-refractivity contribution in [2.24, 2.45) is 7.05 Å². The van der Waals surface area contributed by atoms with Gasteiger partial charge in [-0.3, -0.25) is 4.68 Å². The molecule has 0 spiro atoms. The van der Waals surface area contributed by atoms with Crippen molar-refractivity contribution in [2.45, 2.75) is 20.0 Å². The maximum atomic E-state index is 13.0. The van der Waals surface area contributed by atoms with Crippen LogP contribution in [-0.2, 0) is 11.8 Å². The predicted molar refractivity (Wildman–Crippen MR) is 48.7 cm³/mol. The third-order valence-corrected chi connectivity index (χ3v) is 1.73. The summed E-state index contributed by atoms with van der Waals surface area (Å²) in [7, 11) is 1.63. The molecule has 0 aliphatic rings. The molecule has 0 aromatic carbocycles. The number of hydrogen-bond acceptors (Lipinski definition) is 3. The molecule has 1 aromatic rings. The minimum absolute atomic E-state index is 0.131. The van der Waals surface area contributed by atoms with Gasteiger partial charge in [0.25, 0.3) is 0 Å². The zero-order chi connectivity index (χ0) is 10.7. The molecule has 0 radical (unpaired) electrons. The molecule has 1 atom stereocenters. The largest absolute Gasteiger partial charge is 0.462 e. The first-order valence-corrected chi connectivity index (χ1v) is 4.41. The second kappa shape index (κ2) is 4.21. The molecule has 0 N–H and O–H groups in total. The number of aromatic nitrogens is 2. The molecule has 14 heavy (non-hydrogen) atoms. The highest BCUT2D eigenvalue weighted by Gasteiger charge is 2.20. The molecule has 1 heterocycles. The lowest BCUT2D eigenvalue weighted by Gasteiger charge is -2.01. The summed E-state index contributed by atoms with van der Waals surface area (Å²) in [5.41, 5.74) is 0.329. The lowest BCUT2D eigenvalue weighted by Crippen LogP contribution is -2.07. The first-order chi connectivity index (χ1) is 6.56. The van der Waals surface area contributed by atoms with Crippen molar-refractivity contribution >= 4 is 5.97 Å². The highest BCUT2D eigenvalue weighted by Crippen LogP contribution is 2.19. The summed E-state index contributed by atoms with van der Waals surface area (Å²) in [6.07, 6.45) is 0.194. The van der Waals surface area contributed by atoms with Crippen molar-refractivity contribution in [3.8, 4) is 0 Å². The molecule has 0 fully saturated rings. The monoisotopic (exact) mass is 200 g/mol. The minimum Gasteiger partial charge on any atom is -0.462 e. The Hall–Kier alpha value is -1.39. The van der Waals surface area contributed by atoms with Crippen molar-refractivity contribution in [1.29, 1.82) is 0 Å². The first-order valence-electron chi connectivity index (χ1n) is 4.41. The summed E-state index contributed by atoms with van der Waals surface area (Å²) in [5.74, 6) is -0.528. The van der Waals surface area contributed by atoms with E-state index in [1.165, 1.54) is 17.8 Å². The Morgan fingerprint density at radius 3 is 2.93 bits per heavy atom. The number of nitrogens with zero attached hydrogens (tertiary/aromatic N) is 2. The summed E-state index contributed by atoms with van der Waals surface area (Å²) >= 11 is 0. The van der Waals surface area contributed by atoms with Crippen LogP contribution in [0.25, 0.3) is 0 Å². The number of carbonyl (C=O) groups is 1. The zero-order valence-corrected chi connectivity index (χ0v) is 8.45. The summed E-state index contributed by atoms with van der Waals surface area (Å²) in [4.78, 5) is 11.3. The molecule has 0 amide bonds. The smallest absolute Gasteiger partial charge is 0.341 e. The Labute approximate surface area is 81.7 Å². The summed E-state index contributed by atoms with van der Waals surface area (Å²) in [6, 6.07) is 0. The topological polar surface area (TPSA) is 44.1 Å². The van der Waals surface area contributed by atoms with Crippen LogP contribution in [0.1, 0.15) is 36.1 Å². The molecule has 78 valence electrons. The third-order valence-electron chi connectivity index (χ3n) is 1.73. The number of esters is 1. The standard InChI is InChI=1S/C9H13FN2O2/c1-4-14-9(13)7-5-12(3)11-8(7)6(2)10/h5-6H,4H2,1-3H3. The molecule has 0 aliphatic heterocycles. The molecule has 1 aromatic heterocycles. The van der Waals surface area contributed by atoms with Crippen molar-refractivity contribution in [2.75, 3.05) is 6.61 Å². The highest BCUT2D eigenvalue weighted by molar-refractivity contribution is 5.90. The molecule has 0 aliphatic carbocycles. The average molecular weight is 200 g/mol. The predicted octanol–water partition coefficient (Wildman–Crippen LogP) is 1.63. The van der Waals surface area contributed by atoms with Crippen LogP contribution in [0.2, 0.25) is 0 Å². The van der Waals surface area contributed by atoms with E-state index in [2.05, 4.69) is 5.10 Å². The Bertz CT molecular complexity index is 334. The van der Waals surface area contributed by atoms with Gasteiger partial charge in [-0.15, -0.1) is 0 Å². The van der Waals surface area contributed by atoms with Gasteiger partial charge in [-0.2, -0.15) is 5.10 Å². The highest BCUT2D eigenvalue weighted by atomic mass is 19.1. The van der Waals surface area contributed by atoms with Crippen molar-refractivity contribution in [3.63, 3.8) is 0 Å². The van der Waals surface area contributed by atoms with E-state index >= 15 is 0 Å². The number of rotatable bonds is 3. The van der Waals surface area contributed by atoms with E-state index in [0.29, 0.717) is 0 Å². The number of hydrogen-bond donors (Lipinski definition) is 0. The maximum Gasteiger partial charge on any atom is 0.341 e. The van der Waals surface area contributed by atoms with Crippen LogP contribution in [0.5, 0.6) is 0 Å². The van der Waals surface area contributed by atoms with E-state index in [4.69, 9.17) is 4.74 Å². The molecule has 5 heteroatoms. The van der Waals surface area contributed by atoms with Gasteiger partial charge in [0.2, 0.25) is 0 Å². The Kier molecular flexibility index (Phi) is 3.22. The second-order valence-electron chi connectivity index (χ2n) is 2.94. The summed E-state index contributed by atoms with van der Waals surface area (Å²) < 4.78 is 19.2. The molecule has 0 bridgehead atoms. The number of alkyl halides is 1. The van der Waals surface area contributed by atoms with E-state index < -0.39 is 12.1 Å². The summed E-state index contributed by atoms with van der Waals surface area (Å²) in [5, 5.41) is 3.85. The first kappa shape index (κ1) is 10.7. The van der Waals surface area contributed by atoms with Gasteiger partial charge in [-0.1, -0.05) is 0 Å². The molecule has 0 saturated carbocycles. The normalized spacial score (nSPS) is 12.6. The molecule has 1 unspecified atom stereocenters. The van der Waals surface area contributed by atoms with Gasteiger partial charge < -0.3 is 4.74 Å². The van der Waals surface area contributed by atoms with Crippen molar-refractivity contribution in [3.05, 3.63) is 17.5 Å². The van der Waals surface area contributed by atoms with Crippen LogP contribution < -0.4 is 0 Å². The maximum absolute atomic E-state index is 13.0. The summed E-state index contributed by atoms with van der Waals surface area (Å²) in [6.45, 7) is 3.31. The van der Waals surface area contributed by atoms with E-state index in [0.717, 1.165) is 0 Å². The van der Waals surface area contributed by atoms with E-state index in [1.54, 1.807) is 14.0 Å². The van der Waals surface area contributed by atoms with Crippen LogP contribution >= 0.6 is 0 Å². The van der Waals surface area contributed by atoms with E-state index in [9.17, 15) is 9.18 Å². The van der Waals surface area contributed by atoms with E-state index in [1.807, 2.05) is 0 Å². The lowest BCUT2D eigenvalue weighted by molar-refractivity contribution is 0.0523. The van der Waals surface area contributed by atoms with Crippen LogP contribution in [0.4, 0.5) is 4.39 Å². The Morgan fingerprint density at radius 2 is 2.43 bits per heavy atom. The molecule has 4 nitrogen and oxygen atoms in total. The van der Waals surface area contributed by atoms with Crippen LogP contribution in [0.3, 0.4) is 0 Å². The van der Waals surface area contributed by atoms with Gasteiger partial charge in [0, 0.05) is 13.2 Å². The third kappa shape index (κ3) is 2.10. The lowest BCUT2D eigenvalue weighted by atomic mass is 10.2. The van der Waals surface area contributed by atoms with Gasteiger partial charge >= 0.3 is 5.97 Å². The van der Waals surface area contributed by atoms with E-state index in [-0.39, 0.29) is 17.9 Å².